The van der Waals surface area contributed by atoms with Gasteiger partial charge in [0.05, 0.1) is 29.3 Å². The predicted molar refractivity (Wildman–Crippen MR) is 136 cm³/mol. The van der Waals surface area contributed by atoms with E-state index in [-0.39, 0.29) is 25.0 Å². The highest BCUT2D eigenvalue weighted by molar-refractivity contribution is 7.92. The van der Waals surface area contributed by atoms with Crippen LogP contribution in [0.2, 0.25) is 0 Å². The van der Waals surface area contributed by atoms with Crippen molar-refractivity contribution in [1.82, 2.24) is 9.97 Å². The van der Waals surface area contributed by atoms with Crippen LogP contribution in [0, 0.1) is 13.8 Å². The van der Waals surface area contributed by atoms with Crippen LogP contribution in [-0.2, 0) is 14.8 Å². The summed E-state index contributed by atoms with van der Waals surface area (Å²) in [6.45, 7) is 3.94. The first-order valence-corrected chi connectivity index (χ1v) is 12.7. The standard InChI is InChI=1S/C26H24N4O4S/c1-17-3-5-20(14-23(17)25-8-4-19-15-27-10-9-24(19)29-25)28-26(31)22-7-6-21(13-18(22)2)30-16-34-11-12-35(30,32)33/h3-10,13-15H,11-12,16H2,1-2H3,(H,28,31). The molecule has 2 aromatic heterocycles. The third kappa shape index (κ3) is 4.60. The fourth-order valence-electron chi connectivity index (χ4n) is 4.08. The zero-order chi connectivity index (χ0) is 24.6. The number of sulfonamides is 1. The second-order valence-corrected chi connectivity index (χ2v) is 10.5. The summed E-state index contributed by atoms with van der Waals surface area (Å²) in [6, 6.07) is 16.4. The molecule has 2 aromatic carbocycles. The molecule has 4 aromatic rings. The summed E-state index contributed by atoms with van der Waals surface area (Å²) in [5.41, 5.74) is 5.86. The summed E-state index contributed by atoms with van der Waals surface area (Å²) in [4.78, 5) is 21.9. The number of aromatic nitrogens is 2. The Labute approximate surface area is 203 Å². The maximum Gasteiger partial charge on any atom is 0.255 e. The van der Waals surface area contributed by atoms with E-state index in [2.05, 4.69) is 10.3 Å². The van der Waals surface area contributed by atoms with E-state index < -0.39 is 10.0 Å². The molecule has 1 saturated heterocycles. The number of amides is 1. The van der Waals surface area contributed by atoms with Gasteiger partial charge < -0.3 is 10.1 Å². The lowest BCUT2D eigenvalue weighted by Gasteiger charge is -2.28. The lowest BCUT2D eigenvalue weighted by atomic mass is 10.0. The number of carbonyl (C=O) groups is 1. The number of nitrogens with zero attached hydrogens (tertiary/aromatic N) is 3. The van der Waals surface area contributed by atoms with Crippen LogP contribution in [0.1, 0.15) is 21.5 Å². The first-order valence-electron chi connectivity index (χ1n) is 11.1. The molecule has 0 atom stereocenters. The summed E-state index contributed by atoms with van der Waals surface area (Å²) in [5, 5.41) is 3.92. The molecule has 35 heavy (non-hydrogen) atoms. The van der Waals surface area contributed by atoms with Gasteiger partial charge in [-0.2, -0.15) is 0 Å². The van der Waals surface area contributed by atoms with Crippen molar-refractivity contribution in [3.63, 3.8) is 0 Å². The Morgan fingerprint density at radius 3 is 2.69 bits per heavy atom. The highest BCUT2D eigenvalue weighted by atomic mass is 32.2. The molecule has 5 rings (SSSR count). The van der Waals surface area contributed by atoms with Crippen LogP contribution >= 0.6 is 0 Å². The third-order valence-corrected chi connectivity index (χ3v) is 7.70. The summed E-state index contributed by atoms with van der Waals surface area (Å²) < 4.78 is 31.3. The summed E-state index contributed by atoms with van der Waals surface area (Å²) in [7, 11) is -3.43. The van der Waals surface area contributed by atoms with E-state index in [4.69, 9.17) is 9.72 Å². The van der Waals surface area contributed by atoms with Gasteiger partial charge in [-0.05, 0) is 73.5 Å². The van der Waals surface area contributed by atoms with E-state index >= 15 is 0 Å². The average molecular weight is 489 g/mol. The number of pyridine rings is 2. The monoisotopic (exact) mass is 488 g/mol. The van der Waals surface area contributed by atoms with Crippen LogP contribution in [0.25, 0.3) is 22.2 Å². The fraction of sp³-hybridized carbons (Fsp3) is 0.192. The molecule has 0 radical (unpaired) electrons. The Balaban J connectivity index is 1.40. The van der Waals surface area contributed by atoms with E-state index in [0.717, 1.165) is 27.7 Å². The molecule has 1 aliphatic rings. The number of hydrogen-bond donors (Lipinski definition) is 1. The molecule has 0 saturated carbocycles. The van der Waals surface area contributed by atoms with Gasteiger partial charge >= 0.3 is 0 Å². The molecule has 8 nitrogen and oxygen atoms in total. The maximum absolute atomic E-state index is 13.1. The Hall–Kier alpha value is -3.82. The molecule has 1 fully saturated rings. The predicted octanol–water partition coefficient (Wildman–Crippen LogP) is 4.29. The number of benzene rings is 2. The van der Waals surface area contributed by atoms with Crippen LogP contribution in [0.4, 0.5) is 11.4 Å². The van der Waals surface area contributed by atoms with E-state index in [1.165, 1.54) is 4.31 Å². The first-order chi connectivity index (χ1) is 16.8. The fourth-order valence-corrected chi connectivity index (χ4v) is 5.30. The van der Waals surface area contributed by atoms with Crippen molar-refractivity contribution in [1.29, 1.82) is 0 Å². The van der Waals surface area contributed by atoms with Crippen LogP contribution in [-0.4, -0.2) is 43.4 Å². The minimum absolute atomic E-state index is 0.0290. The Bertz CT molecular complexity index is 1550. The third-order valence-electron chi connectivity index (χ3n) is 6.03. The van der Waals surface area contributed by atoms with Crippen LogP contribution in [0.3, 0.4) is 0 Å². The molecule has 0 unspecified atom stereocenters. The molecule has 1 N–H and O–H groups in total. The van der Waals surface area contributed by atoms with Crippen molar-refractivity contribution >= 4 is 38.2 Å². The molecular formula is C26H24N4O4S. The highest BCUT2D eigenvalue weighted by Gasteiger charge is 2.27. The normalized spacial score (nSPS) is 15.2. The molecule has 178 valence electrons. The van der Waals surface area contributed by atoms with Crippen molar-refractivity contribution in [2.24, 2.45) is 0 Å². The Morgan fingerprint density at radius 1 is 1.03 bits per heavy atom. The van der Waals surface area contributed by atoms with Gasteiger partial charge in [-0.15, -0.1) is 0 Å². The number of ether oxygens (including phenoxy) is 1. The SMILES string of the molecule is Cc1cc(N2COCCS2(=O)=O)ccc1C(=O)Nc1ccc(C)c(-c2ccc3cnccc3n2)c1. The topological polar surface area (TPSA) is 101 Å². The number of anilines is 2. The van der Waals surface area contributed by atoms with Crippen molar-refractivity contribution < 1.29 is 17.9 Å². The summed E-state index contributed by atoms with van der Waals surface area (Å²) in [5.74, 6) is -0.341. The Morgan fingerprint density at radius 2 is 1.89 bits per heavy atom. The minimum Gasteiger partial charge on any atom is -0.359 e. The summed E-state index contributed by atoms with van der Waals surface area (Å²) in [6.07, 6.45) is 3.49. The second kappa shape index (κ2) is 9.09. The van der Waals surface area contributed by atoms with E-state index in [9.17, 15) is 13.2 Å². The van der Waals surface area contributed by atoms with Gasteiger partial charge in [0.1, 0.15) is 6.73 Å². The molecule has 3 heterocycles. The Kier molecular flexibility index (Phi) is 5.96. The number of fused-ring (bicyclic) bond motifs is 1. The quantitative estimate of drug-likeness (QED) is 0.460. The van der Waals surface area contributed by atoms with Crippen molar-refractivity contribution in [3.8, 4) is 11.3 Å². The van der Waals surface area contributed by atoms with Gasteiger partial charge in [0.2, 0.25) is 10.0 Å². The van der Waals surface area contributed by atoms with Gasteiger partial charge in [0.25, 0.3) is 5.91 Å². The first kappa shape index (κ1) is 22.9. The van der Waals surface area contributed by atoms with Crippen molar-refractivity contribution in [2.75, 3.05) is 28.7 Å². The lowest BCUT2D eigenvalue weighted by molar-refractivity contribution is 0.102. The molecule has 0 bridgehead atoms. The number of carbonyl (C=O) groups excluding carboxylic acids is 1. The molecular weight excluding hydrogens is 464 g/mol. The van der Waals surface area contributed by atoms with Crippen LogP contribution in [0.15, 0.2) is 67.0 Å². The van der Waals surface area contributed by atoms with Crippen molar-refractivity contribution in [2.45, 2.75) is 13.8 Å². The van der Waals surface area contributed by atoms with Crippen LogP contribution < -0.4 is 9.62 Å². The zero-order valence-corrected chi connectivity index (χ0v) is 20.2. The smallest absolute Gasteiger partial charge is 0.255 e. The molecule has 1 aliphatic heterocycles. The zero-order valence-electron chi connectivity index (χ0n) is 19.4. The van der Waals surface area contributed by atoms with E-state index in [0.29, 0.717) is 22.5 Å². The average Bonchev–Trinajstić information content (AvgIpc) is 2.84. The molecule has 1 amide bonds. The van der Waals surface area contributed by atoms with Crippen molar-refractivity contribution in [3.05, 3.63) is 83.7 Å². The van der Waals surface area contributed by atoms with Gasteiger partial charge in [-0.25, -0.2) is 17.7 Å². The summed E-state index contributed by atoms with van der Waals surface area (Å²) >= 11 is 0. The lowest BCUT2D eigenvalue weighted by Crippen LogP contribution is -2.41. The van der Waals surface area contributed by atoms with Crippen LogP contribution in [0.5, 0.6) is 0 Å². The number of aryl methyl sites for hydroxylation is 2. The van der Waals surface area contributed by atoms with E-state index in [1.807, 2.05) is 43.3 Å². The van der Waals surface area contributed by atoms with Gasteiger partial charge in [0, 0.05) is 34.6 Å². The second-order valence-electron chi connectivity index (χ2n) is 8.45. The van der Waals surface area contributed by atoms with Gasteiger partial charge in [-0.1, -0.05) is 6.07 Å². The molecule has 0 spiro atoms. The van der Waals surface area contributed by atoms with Gasteiger partial charge in [-0.3, -0.25) is 9.78 Å². The van der Waals surface area contributed by atoms with E-state index in [1.54, 1.807) is 37.5 Å². The number of hydrogen-bond acceptors (Lipinski definition) is 6. The number of nitrogens with one attached hydrogen (secondary N) is 1. The maximum atomic E-state index is 13.1. The largest absolute Gasteiger partial charge is 0.359 e. The highest BCUT2D eigenvalue weighted by Crippen LogP contribution is 2.28. The minimum atomic E-state index is -3.43. The molecule has 9 heteroatoms. The molecule has 0 aliphatic carbocycles. The van der Waals surface area contributed by atoms with Gasteiger partial charge in [0.15, 0.2) is 0 Å². The number of rotatable bonds is 4.